The molecule has 1 saturated carbocycles. The average Bonchev–Trinajstić information content (AvgIpc) is 2.73. The Bertz CT molecular complexity index is 380. The van der Waals surface area contributed by atoms with Crippen LogP contribution in [0.4, 0.5) is 4.79 Å². The second kappa shape index (κ2) is 3.99. The molecule has 1 aliphatic carbocycles. The number of hydrogen-bond donors (Lipinski definition) is 2. The van der Waals surface area contributed by atoms with Crippen LogP contribution in [0.2, 0.25) is 0 Å². The molecule has 0 unspecified atom stereocenters. The van der Waals surface area contributed by atoms with Gasteiger partial charge >= 0.3 is 6.09 Å². The van der Waals surface area contributed by atoms with Crippen molar-refractivity contribution >= 4 is 29.0 Å². The Morgan fingerprint density at radius 1 is 1.35 bits per heavy atom. The zero-order chi connectivity index (χ0) is 12.7. The maximum Gasteiger partial charge on any atom is 0.419 e. The fourth-order valence-corrected chi connectivity index (χ4v) is 3.95. The molecule has 96 valence electrons. The molecule has 0 atom stereocenters. The predicted octanol–water partition coefficient (Wildman–Crippen LogP) is 3.69. The van der Waals surface area contributed by atoms with E-state index in [1.54, 1.807) is 0 Å². The summed E-state index contributed by atoms with van der Waals surface area (Å²) in [5.74, 6) is 0. The molecule has 0 aromatic carbocycles. The highest BCUT2D eigenvalue weighted by Crippen LogP contribution is 2.64. The molecule has 1 fully saturated rings. The number of hydrogen-bond acceptors (Lipinski definition) is 3. The van der Waals surface area contributed by atoms with Crippen LogP contribution in [0.3, 0.4) is 0 Å². The number of thiol groups is 1. The highest BCUT2D eigenvalue weighted by Gasteiger charge is 2.43. The van der Waals surface area contributed by atoms with Crippen molar-refractivity contribution in [1.82, 2.24) is 5.32 Å². The van der Waals surface area contributed by atoms with Crippen molar-refractivity contribution in [2.75, 3.05) is 0 Å². The Morgan fingerprint density at radius 3 is 2.29 bits per heavy atom. The van der Waals surface area contributed by atoms with Gasteiger partial charge in [0, 0.05) is 4.75 Å². The summed E-state index contributed by atoms with van der Waals surface area (Å²) in [5, 5.41) is 6.82. The van der Waals surface area contributed by atoms with Crippen LogP contribution in [0, 0.1) is 0 Å². The van der Waals surface area contributed by atoms with E-state index < -0.39 is 10.3 Å². The number of amides is 1. The number of carbonyl (C=O) groups is 1. The van der Waals surface area contributed by atoms with E-state index in [2.05, 4.69) is 38.7 Å². The van der Waals surface area contributed by atoms with E-state index in [1.165, 1.54) is 0 Å². The molecule has 0 bridgehead atoms. The van der Waals surface area contributed by atoms with Gasteiger partial charge in [0.2, 0.25) is 0 Å². The molecule has 0 aromatic rings. The lowest BCUT2D eigenvalue weighted by atomic mass is 10.3. The summed E-state index contributed by atoms with van der Waals surface area (Å²) in [6.45, 7) is 6.26. The highest BCUT2D eigenvalue weighted by atomic mass is 32.3. The first-order valence-corrected chi connectivity index (χ1v) is 7.81. The Kier molecular flexibility index (Phi) is 3.02. The summed E-state index contributed by atoms with van der Waals surface area (Å²) in [6.07, 6.45) is 5.35. The van der Waals surface area contributed by atoms with Crippen molar-refractivity contribution in [3.8, 4) is 0 Å². The second-order valence-electron chi connectivity index (χ2n) is 5.44. The fraction of sp³-hybridized carbons (Fsp3) is 0.583. The third-order valence-corrected chi connectivity index (χ3v) is 6.92. The molecule has 1 aliphatic heterocycles. The average molecular weight is 273 g/mol. The fourth-order valence-electron chi connectivity index (χ4n) is 1.54. The summed E-state index contributed by atoms with van der Waals surface area (Å²) in [6, 6.07) is 0. The lowest BCUT2D eigenvalue weighted by molar-refractivity contribution is 0.204. The van der Waals surface area contributed by atoms with Gasteiger partial charge in [0.1, 0.15) is 0 Å². The minimum atomic E-state index is -1.63. The number of rotatable bonds is 2. The van der Waals surface area contributed by atoms with Crippen molar-refractivity contribution < 1.29 is 8.98 Å². The van der Waals surface area contributed by atoms with Crippen LogP contribution in [-0.2, 0) is 4.18 Å². The lowest BCUT2D eigenvalue weighted by Crippen LogP contribution is -2.36. The predicted molar refractivity (Wildman–Crippen MR) is 76.2 cm³/mol. The Labute approximate surface area is 110 Å². The van der Waals surface area contributed by atoms with Gasteiger partial charge in [0.05, 0.1) is 4.87 Å². The first-order chi connectivity index (χ1) is 7.77. The summed E-state index contributed by atoms with van der Waals surface area (Å²) < 4.78 is 5.59. The van der Waals surface area contributed by atoms with E-state index in [-0.39, 0.29) is 15.7 Å². The van der Waals surface area contributed by atoms with Crippen LogP contribution in [0.1, 0.15) is 33.6 Å². The Hall–Kier alpha value is -0.550. The molecule has 0 spiro atoms. The topological polar surface area (TPSA) is 38.3 Å². The molecule has 2 rings (SSSR count). The summed E-state index contributed by atoms with van der Waals surface area (Å²) in [5.41, 5.74) is 0. The third-order valence-electron chi connectivity index (χ3n) is 2.90. The standard InChI is InChI=1S/C12H19NO2S2/c1-11(2,3)17(8-4-5-9-17)15-10(14)13-12(16)6-7-12/h4-5,8-9,16H,6-7H2,1-3H3,(H,13,14). The van der Waals surface area contributed by atoms with Crippen molar-refractivity contribution in [2.45, 2.75) is 43.2 Å². The number of allylic oxidation sites excluding steroid dienone is 2. The Balaban J connectivity index is 2.07. The molecule has 3 nitrogen and oxygen atoms in total. The zero-order valence-corrected chi connectivity index (χ0v) is 12.1. The maximum atomic E-state index is 11.9. The molecular formula is C12H19NO2S2. The van der Waals surface area contributed by atoms with E-state index in [4.69, 9.17) is 4.18 Å². The molecule has 2 aliphatic rings. The molecule has 0 saturated heterocycles. The Morgan fingerprint density at radius 2 is 1.88 bits per heavy atom. The second-order valence-corrected chi connectivity index (χ2v) is 9.53. The van der Waals surface area contributed by atoms with E-state index >= 15 is 0 Å². The van der Waals surface area contributed by atoms with E-state index in [1.807, 2.05) is 23.0 Å². The van der Waals surface area contributed by atoms with Crippen molar-refractivity contribution in [3.05, 3.63) is 23.0 Å². The van der Waals surface area contributed by atoms with Gasteiger partial charge in [0.25, 0.3) is 0 Å². The smallest absolute Gasteiger partial charge is 0.391 e. The monoisotopic (exact) mass is 273 g/mol. The van der Waals surface area contributed by atoms with E-state index in [9.17, 15) is 4.79 Å². The molecule has 0 radical (unpaired) electrons. The lowest BCUT2D eigenvalue weighted by Gasteiger charge is -2.42. The molecule has 5 heteroatoms. The molecule has 1 amide bonds. The van der Waals surface area contributed by atoms with Gasteiger partial charge < -0.3 is 9.50 Å². The van der Waals surface area contributed by atoms with Gasteiger partial charge in [-0.05, 0) is 54.7 Å². The minimum absolute atomic E-state index is 0.0961. The molecule has 1 N–H and O–H groups in total. The summed E-state index contributed by atoms with van der Waals surface area (Å²) in [7, 11) is -1.63. The van der Waals surface area contributed by atoms with E-state index in [0.29, 0.717) is 0 Å². The zero-order valence-electron chi connectivity index (χ0n) is 10.4. The first-order valence-electron chi connectivity index (χ1n) is 5.68. The molecule has 17 heavy (non-hydrogen) atoms. The van der Waals surface area contributed by atoms with Crippen LogP contribution in [0.15, 0.2) is 23.0 Å². The highest BCUT2D eigenvalue weighted by molar-refractivity contribution is 8.36. The van der Waals surface area contributed by atoms with Gasteiger partial charge in [-0.1, -0.05) is 12.2 Å². The van der Waals surface area contributed by atoms with Crippen LogP contribution in [0.5, 0.6) is 0 Å². The van der Waals surface area contributed by atoms with Gasteiger partial charge in [0.15, 0.2) is 0 Å². The van der Waals surface area contributed by atoms with Crippen molar-refractivity contribution in [1.29, 1.82) is 0 Å². The molecule has 1 heterocycles. The van der Waals surface area contributed by atoms with Gasteiger partial charge in [-0.3, -0.25) is 0 Å². The van der Waals surface area contributed by atoms with Crippen LogP contribution in [-0.4, -0.2) is 15.7 Å². The van der Waals surface area contributed by atoms with Crippen molar-refractivity contribution in [2.24, 2.45) is 0 Å². The molecule has 0 aromatic heterocycles. The number of nitrogens with one attached hydrogen (secondary N) is 1. The van der Waals surface area contributed by atoms with E-state index in [0.717, 1.165) is 12.8 Å². The quantitative estimate of drug-likeness (QED) is 0.595. The SMILES string of the molecule is CC(C)(C)S1(OC(=O)NC2(S)CC2)C=CC=C1. The van der Waals surface area contributed by atoms with Gasteiger partial charge in [-0.2, -0.15) is 12.6 Å². The van der Waals surface area contributed by atoms with Crippen LogP contribution >= 0.6 is 22.9 Å². The van der Waals surface area contributed by atoms with Crippen LogP contribution < -0.4 is 5.32 Å². The van der Waals surface area contributed by atoms with Gasteiger partial charge in [-0.15, -0.1) is 0 Å². The largest absolute Gasteiger partial charge is 0.419 e. The number of carbonyl (C=O) groups excluding carboxylic acids is 1. The first kappa shape index (κ1) is 12.9. The van der Waals surface area contributed by atoms with Crippen LogP contribution in [0.25, 0.3) is 0 Å². The maximum absolute atomic E-state index is 11.9. The van der Waals surface area contributed by atoms with Gasteiger partial charge in [-0.25, -0.2) is 4.79 Å². The molecular weight excluding hydrogens is 254 g/mol. The summed E-state index contributed by atoms with van der Waals surface area (Å²) in [4.78, 5) is 11.5. The minimum Gasteiger partial charge on any atom is -0.391 e. The summed E-state index contributed by atoms with van der Waals surface area (Å²) >= 11 is 4.36. The third kappa shape index (κ3) is 2.65. The van der Waals surface area contributed by atoms with Crippen molar-refractivity contribution in [3.63, 3.8) is 0 Å². The normalized spacial score (nSPS) is 25.4.